The van der Waals surface area contributed by atoms with Crippen LogP contribution in [-0.4, -0.2) is 23.3 Å². The fraction of sp³-hybridized carbons (Fsp3) is 0.474. The van der Waals surface area contributed by atoms with Crippen molar-refractivity contribution in [2.45, 2.75) is 59.0 Å². The first-order chi connectivity index (χ1) is 10.4. The predicted octanol–water partition coefficient (Wildman–Crippen LogP) is 4.09. The van der Waals surface area contributed by atoms with E-state index in [-0.39, 0.29) is 0 Å². The van der Waals surface area contributed by atoms with Gasteiger partial charge in [0, 0.05) is 5.57 Å². The summed E-state index contributed by atoms with van der Waals surface area (Å²) in [6, 6.07) is 0. The number of rotatable bonds is 11. The SMILES string of the molecule is C=CC(=C)C(O)C(=C/C)/C(C(=O)C=O)=C(\C)CCCCCC. The molecule has 0 fully saturated rings. The number of hydrogen-bond donors (Lipinski definition) is 1. The van der Waals surface area contributed by atoms with Crippen molar-refractivity contribution in [2.24, 2.45) is 0 Å². The van der Waals surface area contributed by atoms with Crippen LogP contribution in [0.5, 0.6) is 0 Å². The molecule has 0 aliphatic carbocycles. The molecule has 0 saturated heterocycles. The second kappa shape index (κ2) is 10.9. The van der Waals surface area contributed by atoms with E-state index in [9.17, 15) is 14.7 Å². The standard InChI is InChI=1S/C19H28O3/c1-6-9-10-11-12-15(5)18(17(21)13-20)16(8-3)19(22)14(4)7-2/h7-8,13,19,22H,2,4,6,9-12H2,1,3,5H3/b16-8+,18-15-. The molecule has 0 aromatic carbocycles. The number of hydrogen-bond acceptors (Lipinski definition) is 3. The molecule has 1 unspecified atom stereocenters. The number of carbonyl (C=O) groups is 2. The Bertz CT molecular complexity index is 481. The van der Waals surface area contributed by atoms with E-state index in [4.69, 9.17) is 0 Å². The van der Waals surface area contributed by atoms with Crippen LogP contribution < -0.4 is 0 Å². The van der Waals surface area contributed by atoms with Gasteiger partial charge < -0.3 is 5.11 Å². The van der Waals surface area contributed by atoms with Gasteiger partial charge in [-0.3, -0.25) is 9.59 Å². The van der Waals surface area contributed by atoms with Crippen molar-refractivity contribution in [1.82, 2.24) is 0 Å². The molecule has 0 aromatic heterocycles. The highest BCUT2D eigenvalue weighted by Crippen LogP contribution is 2.26. The van der Waals surface area contributed by atoms with Crippen molar-refractivity contribution >= 4 is 12.1 Å². The van der Waals surface area contributed by atoms with Crippen LogP contribution >= 0.6 is 0 Å². The maximum atomic E-state index is 12.0. The molecule has 22 heavy (non-hydrogen) atoms. The van der Waals surface area contributed by atoms with Gasteiger partial charge >= 0.3 is 0 Å². The minimum atomic E-state index is -1.02. The summed E-state index contributed by atoms with van der Waals surface area (Å²) < 4.78 is 0. The first kappa shape index (κ1) is 20.3. The summed E-state index contributed by atoms with van der Waals surface area (Å²) in [5.74, 6) is -0.600. The Morgan fingerprint density at radius 1 is 1.27 bits per heavy atom. The zero-order chi connectivity index (χ0) is 17.1. The van der Waals surface area contributed by atoms with E-state index in [0.29, 0.717) is 23.0 Å². The third kappa shape index (κ3) is 5.94. The lowest BCUT2D eigenvalue weighted by Gasteiger charge is -2.19. The highest BCUT2D eigenvalue weighted by Gasteiger charge is 2.23. The molecule has 122 valence electrons. The number of aldehydes is 1. The molecule has 1 N–H and O–H groups in total. The summed E-state index contributed by atoms with van der Waals surface area (Å²) >= 11 is 0. The molecule has 3 heteroatoms. The van der Waals surface area contributed by atoms with Gasteiger partial charge in [0.15, 0.2) is 6.29 Å². The third-order valence-electron chi connectivity index (χ3n) is 3.69. The second-order valence-corrected chi connectivity index (χ2v) is 5.37. The van der Waals surface area contributed by atoms with Crippen molar-refractivity contribution in [2.75, 3.05) is 0 Å². The average molecular weight is 304 g/mol. The first-order valence-electron chi connectivity index (χ1n) is 7.79. The van der Waals surface area contributed by atoms with Gasteiger partial charge in [-0.2, -0.15) is 0 Å². The van der Waals surface area contributed by atoms with Crippen molar-refractivity contribution < 1.29 is 14.7 Å². The number of allylic oxidation sites excluding steroid dienone is 2. The van der Waals surface area contributed by atoms with E-state index in [1.54, 1.807) is 13.0 Å². The monoisotopic (exact) mass is 304 g/mol. The molecule has 0 aliphatic heterocycles. The maximum absolute atomic E-state index is 12.0. The number of aliphatic hydroxyl groups excluding tert-OH is 1. The van der Waals surface area contributed by atoms with Gasteiger partial charge in [0.05, 0.1) is 0 Å². The Morgan fingerprint density at radius 2 is 1.91 bits per heavy atom. The van der Waals surface area contributed by atoms with Gasteiger partial charge in [0.2, 0.25) is 5.78 Å². The number of ketones is 1. The topological polar surface area (TPSA) is 54.4 Å². The fourth-order valence-electron chi connectivity index (χ4n) is 2.35. The van der Waals surface area contributed by atoms with Gasteiger partial charge in [0.25, 0.3) is 0 Å². The van der Waals surface area contributed by atoms with Crippen LogP contribution in [0.1, 0.15) is 52.9 Å². The molecule has 0 saturated carbocycles. The van der Waals surface area contributed by atoms with E-state index < -0.39 is 11.9 Å². The maximum Gasteiger partial charge on any atom is 0.225 e. The Kier molecular flexibility index (Phi) is 10.0. The van der Waals surface area contributed by atoms with E-state index in [2.05, 4.69) is 20.1 Å². The van der Waals surface area contributed by atoms with E-state index in [0.717, 1.165) is 37.7 Å². The summed E-state index contributed by atoms with van der Waals surface area (Å²) in [5, 5.41) is 10.3. The minimum absolute atomic E-state index is 0.303. The third-order valence-corrected chi connectivity index (χ3v) is 3.69. The van der Waals surface area contributed by atoms with Crippen LogP contribution in [0, 0.1) is 0 Å². The second-order valence-electron chi connectivity index (χ2n) is 5.37. The number of carbonyl (C=O) groups excluding carboxylic acids is 2. The molecule has 0 radical (unpaired) electrons. The van der Waals surface area contributed by atoms with Crippen molar-refractivity contribution in [3.8, 4) is 0 Å². The predicted molar refractivity (Wildman–Crippen MR) is 91.6 cm³/mol. The molecule has 1 atom stereocenters. The molecule has 0 rings (SSSR count). The first-order valence-corrected chi connectivity index (χ1v) is 7.79. The lowest BCUT2D eigenvalue weighted by Crippen LogP contribution is -2.20. The van der Waals surface area contributed by atoms with E-state index in [1.165, 1.54) is 6.08 Å². The highest BCUT2D eigenvalue weighted by molar-refractivity contribution is 6.34. The van der Waals surface area contributed by atoms with E-state index in [1.807, 2.05) is 6.92 Å². The van der Waals surface area contributed by atoms with Crippen LogP contribution in [0.25, 0.3) is 0 Å². The Labute approximate surface area is 134 Å². The van der Waals surface area contributed by atoms with Crippen molar-refractivity contribution in [3.05, 3.63) is 47.6 Å². The van der Waals surface area contributed by atoms with Gasteiger partial charge in [-0.15, -0.1) is 0 Å². The molecule has 3 nitrogen and oxygen atoms in total. The molecule has 0 spiro atoms. The van der Waals surface area contributed by atoms with Gasteiger partial charge in [-0.1, -0.05) is 57.1 Å². The molecule has 0 amide bonds. The van der Waals surface area contributed by atoms with Crippen molar-refractivity contribution in [3.63, 3.8) is 0 Å². The van der Waals surface area contributed by atoms with Crippen LogP contribution in [0.2, 0.25) is 0 Å². The summed E-state index contributed by atoms with van der Waals surface area (Å²) in [4.78, 5) is 23.0. The summed E-state index contributed by atoms with van der Waals surface area (Å²) in [5.41, 5.74) is 1.97. The molecule has 0 heterocycles. The highest BCUT2D eigenvalue weighted by atomic mass is 16.3. The summed E-state index contributed by atoms with van der Waals surface area (Å²) in [6.07, 6.45) is 7.47. The molecule has 0 aromatic rings. The Morgan fingerprint density at radius 3 is 2.36 bits per heavy atom. The molecular weight excluding hydrogens is 276 g/mol. The lowest BCUT2D eigenvalue weighted by atomic mass is 9.88. The van der Waals surface area contributed by atoms with Crippen LogP contribution in [-0.2, 0) is 9.59 Å². The van der Waals surface area contributed by atoms with Crippen molar-refractivity contribution in [1.29, 1.82) is 0 Å². The number of Topliss-reactive ketones (excluding diaryl/α,β-unsaturated/α-hetero) is 1. The summed E-state index contributed by atoms with van der Waals surface area (Å²) in [7, 11) is 0. The van der Waals surface area contributed by atoms with Crippen LogP contribution in [0.15, 0.2) is 47.6 Å². The van der Waals surface area contributed by atoms with Crippen LogP contribution in [0.3, 0.4) is 0 Å². The summed E-state index contributed by atoms with van der Waals surface area (Å²) in [6.45, 7) is 13.0. The molecule has 0 aliphatic rings. The average Bonchev–Trinajstić information content (AvgIpc) is 2.54. The van der Waals surface area contributed by atoms with Gasteiger partial charge in [-0.25, -0.2) is 0 Å². The Balaban J connectivity index is 5.49. The zero-order valence-corrected chi connectivity index (χ0v) is 14.0. The van der Waals surface area contributed by atoms with E-state index >= 15 is 0 Å². The van der Waals surface area contributed by atoms with Gasteiger partial charge in [0.1, 0.15) is 6.10 Å². The van der Waals surface area contributed by atoms with Crippen LogP contribution in [0.4, 0.5) is 0 Å². The smallest absolute Gasteiger partial charge is 0.225 e. The minimum Gasteiger partial charge on any atom is -0.384 e. The number of aliphatic hydroxyl groups is 1. The quantitative estimate of drug-likeness (QED) is 0.206. The zero-order valence-electron chi connectivity index (χ0n) is 14.0. The largest absolute Gasteiger partial charge is 0.384 e. The normalized spacial score (nSPS) is 14.1. The number of unbranched alkanes of at least 4 members (excludes halogenated alkanes) is 3. The Hall–Kier alpha value is -1.74. The van der Waals surface area contributed by atoms with Gasteiger partial charge in [-0.05, 0) is 37.8 Å². The lowest BCUT2D eigenvalue weighted by molar-refractivity contribution is -0.127. The molecular formula is C19H28O3. The fourth-order valence-corrected chi connectivity index (χ4v) is 2.35. The molecule has 0 bridgehead atoms.